The van der Waals surface area contributed by atoms with Crippen molar-refractivity contribution in [2.45, 2.75) is 20.0 Å². The lowest BCUT2D eigenvalue weighted by molar-refractivity contribution is -0.128. The van der Waals surface area contributed by atoms with Crippen LogP contribution in [-0.2, 0) is 9.53 Å². The number of hydrogen-bond donors (Lipinski definition) is 2. The van der Waals surface area contributed by atoms with Gasteiger partial charge in [-0.2, -0.15) is 0 Å². The fourth-order valence-electron chi connectivity index (χ4n) is 1.92. The summed E-state index contributed by atoms with van der Waals surface area (Å²) in [4.78, 5) is 46.8. The predicted octanol–water partition coefficient (Wildman–Crippen LogP) is 1.10. The van der Waals surface area contributed by atoms with Crippen molar-refractivity contribution < 1.29 is 23.5 Å². The molecule has 0 spiro atoms. The van der Waals surface area contributed by atoms with Crippen LogP contribution in [0.4, 0.5) is 4.79 Å². The summed E-state index contributed by atoms with van der Waals surface area (Å²) in [7, 11) is 1.34. The average Bonchev–Trinajstić information content (AvgIpc) is 2.54. The molecule has 2 aromatic rings. The minimum atomic E-state index is -1.24. The summed E-state index contributed by atoms with van der Waals surface area (Å²) in [5.41, 5.74) is 0.724. The van der Waals surface area contributed by atoms with Crippen LogP contribution in [0.2, 0.25) is 0 Å². The lowest BCUT2D eigenvalue weighted by atomic mass is 10.1. The van der Waals surface area contributed by atoms with Crippen LogP contribution in [0.25, 0.3) is 11.0 Å². The van der Waals surface area contributed by atoms with E-state index in [1.54, 1.807) is 18.2 Å². The van der Waals surface area contributed by atoms with Gasteiger partial charge in [0.15, 0.2) is 11.5 Å². The Kier molecular flexibility index (Phi) is 4.98. The maximum atomic E-state index is 12.1. The van der Waals surface area contributed by atoms with E-state index in [1.165, 1.54) is 14.0 Å². The lowest BCUT2D eigenvalue weighted by Gasteiger charge is -2.12. The second kappa shape index (κ2) is 6.95. The van der Waals surface area contributed by atoms with Crippen LogP contribution in [0.3, 0.4) is 0 Å². The highest BCUT2D eigenvalue weighted by molar-refractivity contribution is 5.98. The quantitative estimate of drug-likeness (QED) is 0.814. The Hall–Kier alpha value is -3.16. The highest BCUT2D eigenvalue weighted by atomic mass is 16.6. The molecular weight excluding hydrogens is 316 g/mol. The molecule has 24 heavy (non-hydrogen) atoms. The Morgan fingerprint density at radius 2 is 1.92 bits per heavy atom. The second-order valence-electron chi connectivity index (χ2n) is 5.09. The maximum Gasteiger partial charge on any atom is 0.375 e. The van der Waals surface area contributed by atoms with Gasteiger partial charge >= 0.3 is 12.0 Å². The van der Waals surface area contributed by atoms with E-state index in [0.29, 0.717) is 5.39 Å². The minimum Gasteiger partial charge on any atom is -0.449 e. The summed E-state index contributed by atoms with van der Waals surface area (Å²) in [6.45, 7) is 3.12. The molecular formula is C16H16N2O6. The number of carbonyl (C=O) groups is 3. The van der Waals surface area contributed by atoms with Gasteiger partial charge in [0.25, 0.3) is 5.91 Å². The van der Waals surface area contributed by atoms with Gasteiger partial charge in [-0.3, -0.25) is 14.9 Å². The first-order valence-electron chi connectivity index (χ1n) is 7.10. The first-order chi connectivity index (χ1) is 11.3. The summed E-state index contributed by atoms with van der Waals surface area (Å²) in [6.07, 6.45) is -1.24. The van der Waals surface area contributed by atoms with Crippen LogP contribution >= 0.6 is 0 Å². The Bertz CT molecular complexity index is 870. The van der Waals surface area contributed by atoms with Crippen molar-refractivity contribution in [2.24, 2.45) is 0 Å². The number of ether oxygens (including phenoxy) is 1. The smallest absolute Gasteiger partial charge is 0.375 e. The van der Waals surface area contributed by atoms with Crippen molar-refractivity contribution >= 4 is 28.9 Å². The van der Waals surface area contributed by atoms with Crippen molar-refractivity contribution in [2.75, 3.05) is 7.05 Å². The number of fused-ring (bicyclic) bond motifs is 1. The van der Waals surface area contributed by atoms with Crippen molar-refractivity contribution in [3.05, 3.63) is 45.8 Å². The summed E-state index contributed by atoms with van der Waals surface area (Å²) in [5, 5.41) is 4.52. The maximum absolute atomic E-state index is 12.1. The number of carbonyl (C=O) groups excluding carboxylic acids is 3. The van der Waals surface area contributed by atoms with Crippen LogP contribution < -0.4 is 16.1 Å². The Balaban J connectivity index is 2.19. The van der Waals surface area contributed by atoms with Crippen LogP contribution in [0, 0.1) is 6.92 Å². The molecule has 0 unspecified atom stereocenters. The fraction of sp³-hybridized carbons (Fsp3) is 0.250. The van der Waals surface area contributed by atoms with Gasteiger partial charge in [0.2, 0.25) is 5.76 Å². The SMILES string of the molecule is CNC(=O)NC(=O)[C@@H](C)OC(=O)c1cc(=O)c2cc(C)ccc2o1. The summed E-state index contributed by atoms with van der Waals surface area (Å²) in [5.74, 6) is -2.11. The van der Waals surface area contributed by atoms with Crippen LogP contribution in [0.15, 0.2) is 33.5 Å². The molecule has 0 bridgehead atoms. The normalized spacial score (nSPS) is 11.6. The minimum absolute atomic E-state index is 0.238. The number of urea groups is 1. The molecule has 0 aliphatic carbocycles. The van der Waals surface area contributed by atoms with Gasteiger partial charge in [0, 0.05) is 13.1 Å². The van der Waals surface area contributed by atoms with Crippen molar-refractivity contribution in [1.29, 1.82) is 0 Å². The number of nitrogens with one attached hydrogen (secondary N) is 2. The third-order valence-corrected chi connectivity index (χ3v) is 3.20. The zero-order valence-corrected chi connectivity index (χ0v) is 13.3. The van der Waals surface area contributed by atoms with E-state index in [0.717, 1.165) is 11.6 Å². The zero-order valence-electron chi connectivity index (χ0n) is 13.3. The number of imide groups is 1. The Morgan fingerprint density at radius 3 is 2.58 bits per heavy atom. The van der Waals surface area contributed by atoms with Crippen molar-refractivity contribution in [3.63, 3.8) is 0 Å². The molecule has 2 N–H and O–H groups in total. The highest BCUT2D eigenvalue weighted by Crippen LogP contribution is 2.15. The second-order valence-corrected chi connectivity index (χ2v) is 5.09. The number of amides is 3. The molecule has 8 nitrogen and oxygen atoms in total. The Labute approximate surface area is 136 Å². The van der Waals surface area contributed by atoms with Crippen LogP contribution in [0.5, 0.6) is 0 Å². The van der Waals surface area contributed by atoms with E-state index in [1.807, 2.05) is 12.2 Å². The molecule has 1 aromatic carbocycles. The topological polar surface area (TPSA) is 115 Å². The van der Waals surface area contributed by atoms with Gasteiger partial charge in [-0.05, 0) is 26.0 Å². The third-order valence-electron chi connectivity index (χ3n) is 3.20. The average molecular weight is 332 g/mol. The van der Waals surface area contributed by atoms with Gasteiger partial charge in [-0.25, -0.2) is 9.59 Å². The van der Waals surface area contributed by atoms with Gasteiger partial charge in [0.05, 0.1) is 5.39 Å². The highest BCUT2D eigenvalue weighted by Gasteiger charge is 2.22. The number of aryl methyl sites for hydroxylation is 1. The monoisotopic (exact) mass is 332 g/mol. The summed E-state index contributed by atoms with van der Waals surface area (Å²) in [6, 6.07) is 5.24. The molecule has 0 aliphatic rings. The number of hydrogen-bond acceptors (Lipinski definition) is 6. The number of rotatable bonds is 3. The number of benzene rings is 1. The molecule has 2 rings (SSSR count). The van der Waals surface area contributed by atoms with Crippen LogP contribution in [0.1, 0.15) is 23.0 Å². The molecule has 0 saturated heterocycles. The lowest BCUT2D eigenvalue weighted by Crippen LogP contribution is -2.43. The first-order valence-corrected chi connectivity index (χ1v) is 7.10. The largest absolute Gasteiger partial charge is 0.449 e. The van der Waals surface area contributed by atoms with E-state index in [9.17, 15) is 19.2 Å². The van der Waals surface area contributed by atoms with Gasteiger partial charge in [0.1, 0.15) is 5.58 Å². The first kappa shape index (κ1) is 17.2. The molecule has 8 heteroatoms. The third kappa shape index (κ3) is 3.78. The molecule has 1 atom stereocenters. The zero-order chi connectivity index (χ0) is 17.9. The molecule has 1 aromatic heterocycles. The molecule has 1 heterocycles. The van der Waals surface area contributed by atoms with E-state index >= 15 is 0 Å². The van der Waals surface area contributed by atoms with Gasteiger partial charge in [-0.15, -0.1) is 0 Å². The standard InChI is InChI=1S/C16H16N2O6/c1-8-4-5-12-10(6-8)11(19)7-13(24-12)15(21)23-9(2)14(20)18-16(22)17-3/h4-7,9H,1-3H3,(H2,17,18,20,22)/t9-/m1/s1. The molecule has 0 fully saturated rings. The summed E-state index contributed by atoms with van der Waals surface area (Å²) < 4.78 is 10.3. The van der Waals surface area contributed by atoms with Crippen molar-refractivity contribution in [3.8, 4) is 0 Å². The molecule has 0 saturated carbocycles. The fourth-order valence-corrected chi connectivity index (χ4v) is 1.92. The van der Waals surface area contributed by atoms with Gasteiger partial charge in [-0.1, -0.05) is 11.6 Å². The predicted molar refractivity (Wildman–Crippen MR) is 84.7 cm³/mol. The summed E-state index contributed by atoms with van der Waals surface area (Å²) >= 11 is 0. The molecule has 0 aliphatic heterocycles. The van der Waals surface area contributed by atoms with E-state index < -0.39 is 29.4 Å². The van der Waals surface area contributed by atoms with E-state index in [4.69, 9.17) is 9.15 Å². The van der Waals surface area contributed by atoms with E-state index in [2.05, 4.69) is 5.32 Å². The Morgan fingerprint density at radius 1 is 1.21 bits per heavy atom. The van der Waals surface area contributed by atoms with Crippen LogP contribution in [-0.4, -0.2) is 31.1 Å². The van der Waals surface area contributed by atoms with Gasteiger partial charge < -0.3 is 14.5 Å². The molecule has 0 radical (unpaired) electrons. The van der Waals surface area contributed by atoms with Crippen molar-refractivity contribution in [1.82, 2.24) is 10.6 Å². The molecule has 3 amide bonds. The van der Waals surface area contributed by atoms with E-state index in [-0.39, 0.29) is 11.3 Å². The molecule has 126 valence electrons. The number of esters is 1.